The van der Waals surface area contributed by atoms with E-state index in [1.165, 1.54) is 5.56 Å². The number of aryl methyl sites for hydroxylation is 2. The van der Waals surface area contributed by atoms with Gasteiger partial charge in [-0.05, 0) is 50.1 Å². The molecule has 0 bridgehead atoms. The Kier molecular flexibility index (Phi) is 6.10. The molecule has 1 amide bonds. The van der Waals surface area contributed by atoms with E-state index in [2.05, 4.69) is 11.4 Å². The lowest BCUT2D eigenvalue weighted by Crippen LogP contribution is -2.33. The Morgan fingerprint density at radius 3 is 2.62 bits per heavy atom. The highest BCUT2D eigenvalue weighted by molar-refractivity contribution is 6.31. The molecule has 1 N–H and O–H groups in total. The lowest BCUT2D eigenvalue weighted by Gasteiger charge is -2.23. The quantitative estimate of drug-likeness (QED) is 0.841. The van der Waals surface area contributed by atoms with E-state index in [9.17, 15) is 4.79 Å². The van der Waals surface area contributed by atoms with Crippen molar-refractivity contribution in [3.05, 3.63) is 52.5 Å². The van der Waals surface area contributed by atoms with Gasteiger partial charge in [-0.2, -0.15) is 0 Å². The fourth-order valence-electron chi connectivity index (χ4n) is 2.50. The van der Waals surface area contributed by atoms with Gasteiger partial charge in [0.05, 0.1) is 19.3 Å². The summed E-state index contributed by atoms with van der Waals surface area (Å²) >= 11 is 6.10. The largest absolute Gasteiger partial charge is 0.495 e. The van der Waals surface area contributed by atoms with Crippen molar-refractivity contribution < 1.29 is 9.53 Å². The van der Waals surface area contributed by atoms with E-state index in [0.717, 1.165) is 17.8 Å². The summed E-state index contributed by atoms with van der Waals surface area (Å²) in [6.45, 7) is 6.97. The highest BCUT2D eigenvalue weighted by Crippen LogP contribution is 2.31. The summed E-state index contributed by atoms with van der Waals surface area (Å²) in [5.41, 5.74) is 3.72. The average molecular weight is 347 g/mol. The van der Waals surface area contributed by atoms with Crippen LogP contribution in [0.3, 0.4) is 0 Å². The van der Waals surface area contributed by atoms with Crippen molar-refractivity contribution in [3.63, 3.8) is 0 Å². The zero-order valence-corrected chi connectivity index (χ0v) is 15.3. The molecule has 0 aliphatic heterocycles. The third kappa shape index (κ3) is 4.42. The number of carbonyl (C=O) groups is 1. The van der Waals surface area contributed by atoms with E-state index >= 15 is 0 Å². The molecule has 5 heteroatoms. The van der Waals surface area contributed by atoms with Crippen molar-refractivity contribution >= 4 is 28.9 Å². The molecule has 4 nitrogen and oxygen atoms in total. The Bertz CT molecular complexity index is 731. The molecule has 0 radical (unpaired) electrons. The second-order valence-corrected chi connectivity index (χ2v) is 6.11. The van der Waals surface area contributed by atoms with Gasteiger partial charge in [0.2, 0.25) is 5.91 Å². The predicted octanol–water partition coefficient (Wildman–Crippen LogP) is 4.43. The minimum absolute atomic E-state index is 0.0987. The van der Waals surface area contributed by atoms with E-state index in [4.69, 9.17) is 16.3 Å². The molecule has 0 aliphatic carbocycles. The van der Waals surface area contributed by atoms with E-state index in [0.29, 0.717) is 16.5 Å². The number of amides is 1. The zero-order chi connectivity index (χ0) is 17.7. The molecular formula is C19H23ClN2O2. The molecule has 24 heavy (non-hydrogen) atoms. The highest BCUT2D eigenvalue weighted by atomic mass is 35.5. The molecule has 0 heterocycles. The maximum absolute atomic E-state index is 12.5. The van der Waals surface area contributed by atoms with Crippen LogP contribution < -0.4 is 15.0 Å². The van der Waals surface area contributed by atoms with Crippen LogP contribution >= 0.6 is 11.6 Å². The topological polar surface area (TPSA) is 41.6 Å². The van der Waals surface area contributed by atoms with E-state index in [-0.39, 0.29) is 12.5 Å². The Morgan fingerprint density at radius 2 is 2.00 bits per heavy atom. The Balaban J connectivity index is 2.13. The molecule has 2 aromatic carbocycles. The number of ether oxygens (including phenoxy) is 1. The summed E-state index contributed by atoms with van der Waals surface area (Å²) < 4.78 is 5.30. The monoisotopic (exact) mass is 346 g/mol. The van der Waals surface area contributed by atoms with Crippen LogP contribution in [-0.4, -0.2) is 26.1 Å². The first-order valence-electron chi connectivity index (χ1n) is 7.90. The molecule has 0 aliphatic rings. The van der Waals surface area contributed by atoms with Crippen LogP contribution in [0.1, 0.15) is 18.1 Å². The van der Waals surface area contributed by atoms with Gasteiger partial charge in [-0.15, -0.1) is 0 Å². The van der Waals surface area contributed by atoms with Crippen LogP contribution in [0.4, 0.5) is 11.4 Å². The number of carbonyl (C=O) groups excluding carboxylic acids is 1. The lowest BCUT2D eigenvalue weighted by molar-refractivity contribution is -0.115. The Hall–Kier alpha value is -2.20. The summed E-state index contributed by atoms with van der Waals surface area (Å²) in [5, 5.41) is 3.53. The second-order valence-electron chi connectivity index (χ2n) is 5.70. The number of methoxy groups -OCH3 is 1. The molecule has 0 fully saturated rings. The number of nitrogens with zero attached hydrogens (tertiary/aromatic N) is 1. The van der Waals surface area contributed by atoms with Gasteiger partial charge < -0.3 is 15.0 Å². The summed E-state index contributed by atoms with van der Waals surface area (Å²) in [4.78, 5) is 14.5. The number of halogens is 1. The maximum atomic E-state index is 12.5. The Morgan fingerprint density at radius 1 is 1.25 bits per heavy atom. The van der Waals surface area contributed by atoms with E-state index in [1.807, 2.05) is 49.9 Å². The molecule has 2 rings (SSSR count). The summed E-state index contributed by atoms with van der Waals surface area (Å²) in [6, 6.07) is 11.7. The van der Waals surface area contributed by atoms with Crippen LogP contribution in [-0.2, 0) is 4.79 Å². The van der Waals surface area contributed by atoms with Gasteiger partial charge >= 0.3 is 0 Å². The van der Waals surface area contributed by atoms with Crippen molar-refractivity contribution in [1.29, 1.82) is 0 Å². The highest BCUT2D eigenvalue weighted by Gasteiger charge is 2.14. The number of benzene rings is 2. The fourth-order valence-corrected chi connectivity index (χ4v) is 2.66. The van der Waals surface area contributed by atoms with Crippen molar-refractivity contribution in [2.75, 3.05) is 30.4 Å². The minimum Gasteiger partial charge on any atom is -0.495 e. The molecule has 0 saturated heterocycles. The molecule has 0 unspecified atom stereocenters. The number of likely N-dealkylation sites (N-methyl/N-ethyl adjacent to an activating group) is 1. The number of hydrogen-bond donors (Lipinski definition) is 1. The van der Waals surface area contributed by atoms with Crippen molar-refractivity contribution in [3.8, 4) is 5.75 Å². The van der Waals surface area contributed by atoms with Gasteiger partial charge in [0.1, 0.15) is 5.75 Å². The zero-order valence-electron chi connectivity index (χ0n) is 14.5. The van der Waals surface area contributed by atoms with Crippen LogP contribution in [0.15, 0.2) is 36.4 Å². The normalized spacial score (nSPS) is 10.4. The molecule has 2 aromatic rings. The maximum Gasteiger partial charge on any atom is 0.243 e. The van der Waals surface area contributed by atoms with Crippen molar-refractivity contribution in [2.45, 2.75) is 20.8 Å². The SMILES string of the molecule is CCN(CC(=O)Nc1cc(C)c(Cl)cc1OC)c1cccc(C)c1. The van der Waals surface area contributed by atoms with Gasteiger partial charge in [-0.3, -0.25) is 4.79 Å². The molecule has 128 valence electrons. The predicted molar refractivity (Wildman–Crippen MR) is 100 cm³/mol. The molecule has 0 atom stereocenters. The van der Waals surface area contributed by atoms with Crippen LogP contribution in [0.25, 0.3) is 0 Å². The number of anilines is 2. The smallest absolute Gasteiger partial charge is 0.243 e. The first-order valence-corrected chi connectivity index (χ1v) is 8.28. The van der Waals surface area contributed by atoms with Crippen molar-refractivity contribution in [2.24, 2.45) is 0 Å². The Labute approximate surface area is 148 Å². The van der Waals surface area contributed by atoms with Gasteiger partial charge in [0.15, 0.2) is 0 Å². The molecule has 0 saturated carbocycles. The van der Waals surface area contributed by atoms with E-state index < -0.39 is 0 Å². The molecule has 0 spiro atoms. The van der Waals surface area contributed by atoms with Crippen LogP contribution in [0, 0.1) is 13.8 Å². The molecular weight excluding hydrogens is 324 g/mol. The van der Waals surface area contributed by atoms with Crippen LogP contribution in [0.5, 0.6) is 5.75 Å². The third-order valence-corrected chi connectivity index (χ3v) is 4.25. The first-order chi connectivity index (χ1) is 11.4. The summed E-state index contributed by atoms with van der Waals surface area (Å²) in [6.07, 6.45) is 0. The summed E-state index contributed by atoms with van der Waals surface area (Å²) in [5.74, 6) is 0.455. The first kappa shape index (κ1) is 18.1. The van der Waals surface area contributed by atoms with Gasteiger partial charge in [-0.1, -0.05) is 23.7 Å². The van der Waals surface area contributed by atoms with E-state index in [1.54, 1.807) is 13.2 Å². The van der Waals surface area contributed by atoms with Gasteiger partial charge in [0, 0.05) is 23.3 Å². The van der Waals surface area contributed by atoms with Gasteiger partial charge in [0.25, 0.3) is 0 Å². The summed E-state index contributed by atoms with van der Waals surface area (Å²) in [7, 11) is 1.56. The fraction of sp³-hybridized carbons (Fsp3) is 0.316. The standard InChI is InChI=1S/C19H23ClN2O2/c1-5-22(15-8-6-7-13(2)9-15)12-19(23)21-17-10-14(3)16(20)11-18(17)24-4/h6-11H,5,12H2,1-4H3,(H,21,23). The van der Waals surface area contributed by atoms with Gasteiger partial charge in [-0.25, -0.2) is 0 Å². The number of rotatable bonds is 6. The van der Waals surface area contributed by atoms with Crippen molar-refractivity contribution in [1.82, 2.24) is 0 Å². The average Bonchev–Trinajstić information content (AvgIpc) is 2.55. The number of hydrogen-bond acceptors (Lipinski definition) is 3. The molecule has 0 aromatic heterocycles. The second kappa shape index (κ2) is 8.06. The lowest BCUT2D eigenvalue weighted by atomic mass is 10.2. The minimum atomic E-state index is -0.0987. The third-order valence-electron chi connectivity index (χ3n) is 3.84. The van der Waals surface area contributed by atoms with Crippen LogP contribution in [0.2, 0.25) is 5.02 Å². The number of nitrogens with one attached hydrogen (secondary N) is 1.